The van der Waals surface area contributed by atoms with E-state index >= 15 is 0 Å². The molecule has 0 amide bonds. The highest BCUT2D eigenvalue weighted by atomic mass is 19.4. The van der Waals surface area contributed by atoms with Crippen LogP contribution in [0.2, 0.25) is 0 Å². The first-order valence-electron chi connectivity index (χ1n) is 13.2. The Kier molecular flexibility index (Phi) is 9.83. The molecule has 10 nitrogen and oxygen atoms in total. The third kappa shape index (κ3) is 8.31. The molecule has 1 aliphatic heterocycles. The van der Waals surface area contributed by atoms with Crippen molar-refractivity contribution < 1.29 is 32.4 Å². The second kappa shape index (κ2) is 12.7. The Morgan fingerprint density at radius 1 is 1.29 bits per heavy atom. The fourth-order valence-corrected chi connectivity index (χ4v) is 4.55. The maximum Gasteiger partial charge on any atom is 0.407 e. The molecule has 1 saturated heterocycles. The number of pyridine rings is 1. The molecule has 3 rings (SSSR count). The van der Waals surface area contributed by atoms with Gasteiger partial charge in [0.2, 0.25) is 0 Å². The van der Waals surface area contributed by atoms with Crippen LogP contribution in [0.3, 0.4) is 0 Å². The summed E-state index contributed by atoms with van der Waals surface area (Å²) in [5.41, 5.74) is 4.91. The van der Waals surface area contributed by atoms with Gasteiger partial charge in [-0.1, -0.05) is 19.1 Å². The smallest absolute Gasteiger partial charge is 0.407 e. The monoisotopic (exact) mass is 577 g/mol. The fraction of sp³-hybridized carbons (Fsp3) is 0.500. The number of aromatic nitrogens is 1. The molecule has 2 heterocycles. The van der Waals surface area contributed by atoms with Crippen LogP contribution in [0.5, 0.6) is 0 Å². The topological polar surface area (TPSA) is 156 Å². The minimum absolute atomic E-state index is 0.00231. The first-order chi connectivity index (χ1) is 19.2. The minimum Gasteiger partial charge on any atom is -0.458 e. The van der Waals surface area contributed by atoms with Crippen LogP contribution < -0.4 is 26.9 Å². The Bertz CT molecular complexity index is 1330. The zero-order valence-corrected chi connectivity index (χ0v) is 23.4. The first-order valence-corrected chi connectivity index (χ1v) is 13.2. The fourth-order valence-electron chi connectivity index (χ4n) is 4.55. The summed E-state index contributed by atoms with van der Waals surface area (Å²) in [6.45, 7) is 7.00. The van der Waals surface area contributed by atoms with E-state index in [4.69, 9.17) is 15.2 Å². The summed E-state index contributed by atoms with van der Waals surface area (Å²) >= 11 is 0. The normalized spacial score (nSPS) is 20.6. The highest BCUT2D eigenvalue weighted by molar-refractivity contribution is 5.98. The number of carbonyl (C=O) groups is 1. The number of nitrogen functional groups attached to an aromatic ring is 1. The number of anilines is 1. The van der Waals surface area contributed by atoms with Crippen molar-refractivity contribution in [1.82, 2.24) is 10.3 Å². The van der Waals surface area contributed by atoms with Crippen molar-refractivity contribution in [3.8, 4) is 6.07 Å². The second-order valence-corrected chi connectivity index (χ2v) is 10.9. The van der Waals surface area contributed by atoms with Crippen LogP contribution in [0.1, 0.15) is 64.1 Å². The Balaban J connectivity index is 1.85. The molecule has 0 radical (unpaired) electrons. The van der Waals surface area contributed by atoms with E-state index in [0.29, 0.717) is 17.8 Å². The van der Waals surface area contributed by atoms with E-state index in [1.165, 1.54) is 30.5 Å². The van der Waals surface area contributed by atoms with Gasteiger partial charge in [-0.05, 0) is 63.9 Å². The molecular weight excluding hydrogens is 541 g/mol. The van der Waals surface area contributed by atoms with Crippen molar-refractivity contribution in [3.05, 3.63) is 58.0 Å². The Labute approximate surface area is 236 Å². The number of esters is 1. The number of hydrogen-bond donors (Lipinski definition) is 5. The van der Waals surface area contributed by atoms with Crippen molar-refractivity contribution in [1.29, 1.82) is 5.26 Å². The minimum atomic E-state index is -4.47. The molecule has 0 spiro atoms. The van der Waals surface area contributed by atoms with E-state index in [1.54, 1.807) is 33.8 Å². The van der Waals surface area contributed by atoms with Gasteiger partial charge in [-0.25, -0.2) is 9.79 Å². The molecule has 6 N–H and O–H groups in total. The average molecular weight is 578 g/mol. The lowest BCUT2D eigenvalue weighted by Crippen LogP contribution is -2.70. The number of nitrogens with one attached hydrogen (secondary N) is 4. The third-order valence-corrected chi connectivity index (χ3v) is 6.42. The maximum absolute atomic E-state index is 13.4. The molecule has 0 aliphatic carbocycles. The van der Waals surface area contributed by atoms with Crippen molar-refractivity contribution in [3.63, 3.8) is 0 Å². The van der Waals surface area contributed by atoms with Gasteiger partial charge in [0.25, 0.3) is 11.4 Å². The van der Waals surface area contributed by atoms with Gasteiger partial charge in [-0.3, -0.25) is 10.5 Å². The standard InChI is InChI=1S/C28H35F3N6O4/c1-5-34-22(28(29,30)31)17-6-8-18(9-7-17)36-23(33)21-19(11-15-35-24(21)38)37-27(13-14-32)12-10-20(40-16-27)25(39)41-26(2,3)4/h6-9,11,15,20,22,34H,5,10,12-13,16H2,1-4H3,(H2,33,36)(H2,35,37,38)/p+1/t20-,22?,27-/m0/s1. The summed E-state index contributed by atoms with van der Waals surface area (Å²) < 4.78 is 51.5. The number of rotatable bonds is 9. The summed E-state index contributed by atoms with van der Waals surface area (Å²) in [7, 11) is 0. The van der Waals surface area contributed by atoms with E-state index in [0.717, 1.165) is 0 Å². The number of benzene rings is 1. The molecule has 3 atom stereocenters. The summed E-state index contributed by atoms with van der Waals surface area (Å²) in [6, 6.07) is 7.42. The number of halogens is 3. The van der Waals surface area contributed by atoms with E-state index in [9.17, 15) is 28.0 Å². The summed E-state index contributed by atoms with van der Waals surface area (Å²) in [6.07, 6.45) is -3.16. The Hall–Kier alpha value is -3.89. The van der Waals surface area contributed by atoms with Crippen molar-refractivity contribution >= 4 is 23.2 Å². The number of nitrogens with zero attached hydrogens (tertiary/aromatic N) is 1. The number of carbonyl (C=O) groups excluding carboxylic acids is 1. The maximum atomic E-state index is 13.4. The number of nitriles is 1. The molecule has 1 aromatic carbocycles. The lowest BCUT2D eigenvalue weighted by molar-refractivity contribution is -0.354. The number of hydrogen-bond acceptors (Lipinski definition) is 7. The van der Waals surface area contributed by atoms with Gasteiger partial charge in [0.15, 0.2) is 11.7 Å². The molecule has 1 unspecified atom stereocenters. The van der Waals surface area contributed by atoms with E-state index in [-0.39, 0.29) is 43.0 Å². The molecule has 0 saturated carbocycles. The van der Waals surface area contributed by atoms with E-state index in [2.05, 4.69) is 26.7 Å². The van der Waals surface area contributed by atoms with Crippen molar-refractivity contribution in [2.45, 2.75) is 76.4 Å². The highest BCUT2D eigenvalue weighted by Crippen LogP contribution is 2.33. The van der Waals surface area contributed by atoms with Crippen LogP contribution in [0.25, 0.3) is 0 Å². The van der Waals surface area contributed by atoms with Gasteiger partial charge in [0.05, 0.1) is 30.3 Å². The average Bonchev–Trinajstić information content (AvgIpc) is 2.87. The van der Waals surface area contributed by atoms with Crippen LogP contribution >= 0.6 is 0 Å². The lowest BCUT2D eigenvalue weighted by atomic mass is 9.86. The van der Waals surface area contributed by atoms with Crippen molar-refractivity contribution in [2.75, 3.05) is 18.5 Å². The first kappa shape index (κ1) is 31.6. The molecule has 222 valence electrons. The zero-order valence-electron chi connectivity index (χ0n) is 23.4. The Morgan fingerprint density at radius 2 is 1.98 bits per heavy atom. The summed E-state index contributed by atoms with van der Waals surface area (Å²) in [5, 5.41) is 15.2. The number of amidine groups is 1. The molecule has 1 aromatic heterocycles. The van der Waals surface area contributed by atoms with Gasteiger partial charge in [0.1, 0.15) is 17.3 Å². The number of aromatic amines is 1. The van der Waals surface area contributed by atoms with E-state index < -0.39 is 41.0 Å². The molecule has 2 aromatic rings. The zero-order chi connectivity index (χ0) is 30.4. The van der Waals surface area contributed by atoms with Crippen LogP contribution in [0, 0.1) is 11.3 Å². The highest BCUT2D eigenvalue weighted by Gasteiger charge is 2.41. The SMILES string of the molecule is CCNC(c1ccc([NH+]=C(N)c2c(N[C@]3(CC#N)CC[C@@H](C(=O)OC(C)(C)C)OC3)cc[nH]c2=O)cc1)C(F)(F)F. The number of nitrogens with two attached hydrogens (primary N) is 1. The second-order valence-electron chi connectivity index (χ2n) is 10.9. The number of ether oxygens (including phenoxy) is 2. The van der Waals surface area contributed by atoms with Gasteiger partial charge in [-0.2, -0.15) is 18.4 Å². The molecular formula is C28H36F3N6O4+. The molecule has 1 fully saturated rings. The van der Waals surface area contributed by atoms with Crippen LogP contribution in [0.15, 0.2) is 41.3 Å². The predicted molar refractivity (Wildman–Crippen MR) is 146 cm³/mol. The Morgan fingerprint density at radius 3 is 2.51 bits per heavy atom. The van der Waals surface area contributed by atoms with Gasteiger partial charge in [-0.15, -0.1) is 0 Å². The van der Waals surface area contributed by atoms with E-state index in [1.807, 2.05) is 0 Å². The largest absolute Gasteiger partial charge is 0.458 e. The predicted octanol–water partition coefficient (Wildman–Crippen LogP) is 2.29. The van der Waals surface area contributed by atoms with Gasteiger partial charge < -0.3 is 25.1 Å². The van der Waals surface area contributed by atoms with Crippen LogP contribution in [0.4, 0.5) is 24.5 Å². The summed E-state index contributed by atoms with van der Waals surface area (Å²) in [5.74, 6) is -0.545. The lowest BCUT2D eigenvalue weighted by Gasteiger charge is -2.40. The number of alkyl halides is 3. The third-order valence-electron chi connectivity index (χ3n) is 6.42. The quantitative estimate of drug-likeness (QED) is 0.173. The number of H-pyrrole nitrogens is 1. The summed E-state index contributed by atoms with van der Waals surface area (Å²) in [4.78, 5) is 30.8. The van der Waals surface area contributed by atoms with Gasteiger partial charge >= 0.3 is 12.1 Å². The van der Waals surface area contributed by atoms with Crippen molar-refractivity contribution in [2.24, 2.45) is 5.73 Å². The molecule has 13 heteroatoms. The molecule has 1 aliphatic rings. The van der Waals surface area contributed by atoms with Crippen LogP contribution in [-0.4, -0.2) is 53.4 Å². The molecule has 0 bridgehead atoms. The van der Waals surface area contributed by atoms with Crippen LogP contribution in [-0.2, 0) is 14.3 Å². The molecule has 41 heavy (non-hydrogen) atoms. The van der Waals surface area contributed by atoms with Gasteiger partial charge in [0, 0.05) is 6.20 Å².